The molecule has 4 heteroatoms. The highest BCUT2D eigenvalue weighted by Gasteiger charge is 2.32. The summed E-state index contributed by atoms with van der Waals surface area (Å²) in [5, 5.41) is 3.42. The molecule has 4 nitrogen and oxygen atoms in total. The van der Waals surface area contributed by atoms with Crippen LogP contribution in [0.1, 0.15) is 25.0 Å². The molecular weight excluding hydrogens is 230 g/mol. The zero-order chi connectivity index (χ0) is 13.3. The lowest BCUT2D eigenvalue weighted by molar-refractivity contribution is 0.314. The summed E-state index contributed by atoms with van der Waals surface area (Å²) in [6.45, 7) is 6.16. The molecule has 0 unspecified atom stereocenters. The predicted octanol–water partition coefficient (Wildman–Crippen LogP) is 2.09. The Labute approximate surface area is 108 Å². The van der Waals surface area contributed by atoms with Crippen LogP contribution in [0.2, 0.25) is 0 Å². The predicted molar refractivity (Wildman–Crippen MR) is 70.8 cm³/mol. The van der Waals surface area contributed by atoms with E-state index in [0.29, 0.717) is 5.75 Å². The van der Waals surface area contributed by atoms with E-state index in [1.54, 1.807) is 21.3 Å². The van der Waals surface area contributed by atoms with Crippen LogP contribution in [0.5, 0.6) is 17.2 Å². The third kappa shape index (κ3) is 1.90. The van der Waals surface area contributed by atoms with Gasteiger partial charge in [0.15, 0.2) is 11.5 Å². The van der Waals surface area contributed by atoms with Gasteiger partial charge >= 0.3 is 0 Å². The Morgan fingerprint density at radius 2 is 1.72 bits per heavy atom. The first-order valence-electron chi connectivity index (χ1n) is 6.08. The molecule has 18 heavy (non-hydrogen) atoms. The van der Waals surface area contributed by atoms with E-state index < -0.39 is 0 Å². The van der Waals surface area contributed by atoms with Crippen molar-refractivity contribution in [2.75, 3.05) is 27.9 Å². The Balaban J connectivity index is 2.70. The largest absolute Gasteiger partial charge is 0.493 e. The average Bonchev–Trinajstić information content (AvgIpc) is 2.36. The molecule has 1 aromatic carbocycles. The molecule has 100 valence electrons. The second-order valence-corrected chi connectivity index (χ2v) is 5.16. The van der Waals surface area contributed by atoms with E-state index in [-0.39, 0.29) is 5.41 Å². The third-order valence-corrected chi connectivity index (χ3v) is 3.53. The van der Waals surface area contributed by atoms with E-state index in [2.05, 4.69) is 25.2 Å². The lowest BCUT2D eigenvalue weighted by Gasteiger charge is -2.35. The van der Waals surface area contributed by atoms with Crippen LogP contribution in [0.25, 0.3) is 0 Å². The molecule has 1 heterocycles. The minimum absolute atomic E-state index is 0.0560. The number of hydrogen-bond donors (Lipinski definition) is 1. The molecule has 0 saturated heterocycles. The van der Waals surface area contributed by atoms with Gasteiger partial charge in [0.25, 0.3) is 0 Å². The Bertz CT molecular complexity index is 455. The van der Waals surface area contributed by atoms with Crippen LogP contribution >= 0.6 is 0 Å². The second-order valence-electron chi connectivity index (χ2n) is 5.16. The number of benzene rings is 1. The molecule has 0 fully saturated rings. The van der Waals surface area contributed by atoms with Crippen LogP contribution in [0.4, 0.5) is 0 Å². The Hall–Kier alpha value is -1.42. The SMILES string of the molecule is COc1cc2c(c(OC)c1OC)CNCC2(C)C. The van der Waals surface area contributed by atoms with E-state index in [1.165, 1.54) is 5.56 Å². The van der Waals surface area contributed by atoms with Gasteiger partial charge in [0.1, 0.15) is 0 Å². The standard InChI is InChI=1S/C14H21NO3/c1-14(2)8-15-7-9-10(14)6-11(16-3)13(18-5)12(9)17-4/h6,15H,7-8H2,1-5H3. The van der Waals surface area contributed by atoms with Crippen LogP contribution in [0.15, 0.2) is 6.07 Å². The molecule has 0 aliphatic carbocycles. The summed E-state index contributed by atoms with van der Waals surface area (Å²) >= 11 is 0. The van der Waals surface area contributed by atoms with E-state index in [0.717, 1.165) is 30.2 Å². The Morgan fingerprint density at radius 1 is 1.06 bits per heavy atom. The zero-order valence-corrected chi connectivity index (χ0v) is 11.7. The average molecular weight is 251 g/mol. The van der Waals surface area contributed by atoms with Crippen molar-refractivity contribution in [1.29, 1.82) is 0 Å². The van der Waals surface area contributed by atoms with Gasteiger partial charge in [-0.3, -0.25) is 0 Å². The first-order chi connectivity index (χ1) is 8.55. The monoisotopic (exact) mass is 251 g/mol. The van der Waals surface area contributed by atoms with Crippen LogP contribution in [-0.2, 0) is 12.0 Å². The van der Waals surface area contributed by atoms with Crippen molar-refractivity contribution in [3.63, 3.8) is 0 Å². The molecule has 0 bridgehead atoms. The summed E-state index contributed by atoms with van der Waals surface area (Å²) in [4.78, 5) is 0. The number of rotatable bonds is 3. The lowest BCUT2D eigenvalue weighted by atomic mass is 9.78. The van der Waals surface area contributed by atoms with E-state index in [1.807, 2.05) is 0 Å². The highest BCUT2D eigenvalue weighted by Crippen LogP contribution is 2.46. The van der Waals surface area contributed by atoms with Gasteiger partial charge in [-0.1, -0.05) is 13.8 Å². The van der Waals surface area contributed by atoms with Gasteiger partial charge in [0.05, 0.1) is 21.3 Å². The zero-order valence-electron chi connectivity index (χ0n) is 11.7. The molecule has 1 aliphatic heterocycles. The quantitative estimate of drug-likeness (QED) is 0.893. The van der Waals surface area contributed by atoms with Gasteiger partial charge in [-0.05, 0) is 11.6 Å². The van der Waals surface area contributed by atoms with Crippen LogP contribution in [0.3, 0.4) is 0 Å². The van der Waals surface area contributed by atoms with Crippen LogP contribution in [-0.4, -0.2) is 27.9 Å². The number of fused-ring (bicyclic) bond motifs is 1. The van der Waals surface area contributed by atoms with Gasteiger partial charge in [-0.25, -0.2) is 0 Å². The summed E-state index contributed by atoms with van der Waals surface area (Å²) in [7, 11) is 4.95. The minimum Gasteiger partial charge on any atom is -0.493 e. The van der Waals surface area contributed by atoms with Crippen molar-refractivity contribution in [3.05, 3.63) is 17.2 Å². The van der Waals surface area contributed by atoms with Gasteiger partial charge in [-0.2, -0.15) is 0 Å². The van der Waals surface area contributed by atoms with Gasteiger partial charge in [-0.15, -0.1) is 0 Å². The Kier molecular flexibility index (Phi) is 3.39. The van der Waals surface area contributed by atoms with Crippen molar-refractivity contribution in [2.45, 2.75) is 25.8 Å². The smallest absolute Gasteiger partial charge is 0.203 e. The fraction of sp³-hybridized carbons (Fsp3) is 0.571. The normalized spacial score (nSPS) is 16.9. The molecule has 0 radical (unpaired) electrons. The van der Waals surface area contributed by atoms with Gasteiger partial charge in [0, 0.05) is 24.1 Å². The summed E-state index contributed by atoms with van der Waals surface area (Å²) < 4.78 is 16.4. The maximum Gasteiger partial charge on any atom is 0.203 e. The first kappa shape index (κ1) is 13.0. The third-order valence-electron chi connectivity index (χ3n) is 3.53. The fourth-order valence-electron chi connectivity index (χ4n) is 2.59. The lowest BCUT2D eigenvalue weighted by Crippen LogP contribution is -2.39. The van der Waals surface area contributed by atoms with Gasteiger partial charge < -0.3 is 19.5 Å². The second kappa shape index (κ2) is 4.69. The van der Waals surface area contributed by atoms with Crippen molar-refractivity contribution in [2.24, 2.45) is 0 Å². The molecule has 1 aliphatic rings. The van der Waals surface area contributed by atoms with Crippen molar-refractivity contribution >= 4 is 0 Å². The molecule has 0 amide bonds. The summed E-state index contributed by atoms with van der Waals surface area (Å²) in [5.74, 6) is 2.16. The van der Waals surface area contributed by atoms with Gasteiger partial charge in [0.2, 0.25) is 5.75 Å². The maximum atomic E-state index is 5.53. The molecule has 1 N–H and O–H groups in total. The molecule has 0 atom stereocenters. The minimum atomic E-state index is 0.0560. The first-order valence-corrected chi connectivity index (χ1v) is 6.08. The maximum absolute atomic E-state index is 5.53. The number of hydrogen-bond acceptors (Lipinski definition) is 4. The Morgan fingerprint density at radius 3 is 2.28 bits per heavy atom. The van der Waals surface area contributed by atoms with E-state index in [4.69, 9.17) is 14.2 Å². The van der Waals surface area contributed by atoms with E-state index >= 15 is 0 Å². The van der Waals surface area contributed by atoms with Crippen LogP contribution in [0, 0.1) is 0 Å². The molecular formula is C14H21NO3. The topological polar surface area (TPSA) is 39.7 Å². The van der Waals surface area contributed by atoms with Crippen molar-refractivity contribution in [3.8, 4) is 17.2 Å². The van der Waals surface area contributed by atoms with E-state index in [9.17, 15) is 0 Å². The number of methoxy groups -OCH3 is 3. The van der Waals surface area contributed by atoms with Crippen LogP contribution < -0.4 is 19.5 Å². The number of ether oxygens (including phenoxy) is 3. The molecule has 0 saturated carbocycles. The highest BCUT2D eigenvalue weighted by atomic mass is 16.5. The molecule has 0 spiro atoms. The highest BCUT2D eigenvalue weighted by molar-refractivity contribution is 5.61. The fourth-order valence-corrected chi connectivity index (χ4v) is 2.59. The summed E-state index contributed by atoms with van der Waals surface area (Å²) in [6.07, 6.45) is 0. The number of nitrogens with one attached hydrogen (secondary N) is 1. The van der Waals surface area contributed by atoms with Crippen molar-refractivity contribution in [1.82, 2.24) is 5.32 Å². The molecule has 2 rings (SSSR count). The summed E-state index contributed by atoms with van der Waals surface area (Å²) in [6, 6.07) is 2.07. The van der Waals surface area contributed by atoms with Crippen molar-refractivity contribution < 1.29 is 14.2 Å². The summed E-state index contributed by atoms with van der Waals surface area (Å²) in [5.41, 5.74) is 2.47. The molecule has 1 aromatic rings. The molecule has 0 aromatic heterocycles.